The lowest BCUT2D eigenvalue weighted by molar-refractivity contribution is 0.0269. The summed E-state index contributed by atoms with van der Waals surface area (Å²) in [4.78, 5) is 2.24. The van der Waals surface area contributed by atoms with E-state index < -0.39 is 0 Å². The Hall–Kier alpha value is -0.940. The number of rotatable bonds is 4. The van der Waals surface area contributed by atoms with Crippen LogP contribution in [0.5, 0.6) is 0 Å². The zero-order chi connectivity index (χ0) is 10.8. The van der Waals surface area contributed by atoms with E-state index >= 15 is 0 Å². The second-order valence-electron chi connectivity index (χ2n) is 4.55. The summed E-state index contributed by atoms with van der Waals surface area (Å²) in [5.41, 5.74) is 0. The molecule has 0 saturated heterocycles. The lowest BCUT2D eigenvalue weighted by atomic mass is 9.82. The van der Waals surface area contributed by atoms with E-state index in [0.717, 1.165) is 31.8 Å². The molecule has 0 radical (unpaired) electrons. The molecule has 1 aromatic rings. The molecule has 1 heterocycles. The number of aromatic nitrogens is 3. The highest BCUT2D eigenvalue weighted by Gasteiger charge is 2.27. The van der Waals surface area contributed by atoms with E-state index in [-0.39, 0.29) is 6.10 Å². The average Bonchev–Trinajstić information content (AvgIpc) is 2.49. The Bertz CT molecular complexity index is 319. The van der Waals surface area contributed by atoms with Crippen molar-refractivity contribution in [3.63, 3.8) is 0 Å². The Balaban J connectivity index is 1.77. The third-order valence-electron chi connectivity index (χ3n) is 3.00. The lowest BCUT2D eigenvalue weighted by Crippen LogP contribution is -2.37. The number of nitrogens with zero attached hydrogens (tertiary/aromatic N) is 4. The highest BCUT2D eigenvalue weighted by atomic mass is 16.3. The summed E-state index contributed by atoms with van der Waals surface area (Å²) in [7, 11) is 4.04. The summed E-state index contributed by atoms with van der Waals surface area (Å²) in [6.07, 6.45) is 3.56. The van der Waals surface area contributed by atoms with Gasteiger partial charge in [0.05, 0.1) is 12.6 Å². The fourth-order valence-electron chi connectivity index (χ4n) is 2.05. The van der Waals surface area contributed by atoms with E-state index in [1.165, 1.54) is 0 Å². The maximum absolute atomic E-state index is 9.19. The van der Waals surface area contributed by atoms with Gasteiger partial charge in [-0.15, -0.1) is 10.2 Å². The smallest absolute Gasteiger partial charge is 0.146 e. The van der Waals surface area contributed by atoms with E-state index in [0.29, 0.717) is 5.92 Å². The molecular formula is C10H18N4O. The highest BCUT2D eigenvalue weighted by molar-refractivity contribution is 4.86. The minimum atomic E-state index is -0.0572. The molecule has 0 aromatic carbocycles. The molecule has 2 rings (SSSR count). The zero-order valence-corrected chi connectivity index (χ0v) is 9.30. The molecule has 5 nitrogen and oxygen atoms in total. The SMILES string of the molecule is CN(Cc1nncn1C)CC1CC(O)C1. The fourth-order valence-corrected chi connectivity index (χ4v) is 2.05. The number of hydrogen-bond acceptors (Lipinski definition) is 4. The van der Waals surface area contributed by atoms with E-state index in [1.54, 1.807) is 6.33 Å². The molecule has 84 valence electrons. The van der Waals surface area contributed by atoms with Crippen LogP contribution in [0.25, 0.3) is 0 Å². The van der Waals surface area contributed by atoms with Crippen molar-refractivity contribution >= 4 is 0 Å². The number of aliphatic hydroxyl groups is 1. The second-order valence-corrected chi connectivity index (χ2v) is 4.55. The molecule has 1 aliphatic rings. The van der Waals surface area contributed by atoms with Crippen LogP contribution in [0.4, 0.5) is 0 Å². The van der Waals surface area contributed by atoms with Crippen LogP contribution in [-0.4, -0.2) is 44.5 Å². The van der Waals surface area contributed by atoms with Crippen LogP contribution in [0.2, 0.25) is 0 Å². The maximum Gasteiger partial charge on any atom is 0.146 e. The molecule has 1 aliphatic carbocycles. The van der Waals surface area contributed by atoms with Crippen molar-refractivity contribution in [1.82, 2.24) is 19.7 Å². The minimum absolute atomic E-state index is 0.0572. The normalized spacial score (nSPS) is 25.6. The number of aliphatic hydroxyl groups excluding tert-OH is 1. The van der Waals surface area contributed by atoms with E-state index in [4.69, 9.17) is 0 Å². The van der Waals surface area contributed by atoms with Gasteiger partial charge in [0.25, 0.3) is 0 Å². The summed E-state index contributed by atoms with van der Waals surface area (Å²) < 4.78 is 1.94. The van der Waals surface area contributed by atoms with Gasteiger partial charge < -0.3 is 9.67 Å². The molecule has 5 heteroatoms. The molecule has 15 heavy (non-hydrogen) atoms. The predicted octanol–water partition coefficient (Wildman–Crippen LogP) is 0.0178. The van der Waals surface area contributed by atoms with Crippen molar-refractivity contribution in [3.8, 4) is 0 Å². The summed E-state index contributed by atoms with van der Waals surface area (Å²) in [5.74, 6) is 1.63. The standard InChI is InChI=1S/C10H18N4O/c1-13(5-8-3-9(15)4-8)6-10-12-11-7-14(10)2/h7-9,15H,3-6H2,1-2H3. The predicted molar refractivity (Wildman–Crippen MR) is 56.1 cm³/mol. The Kier molecular flexibility index (Phi) is 3.02. The van der Waals surface area contributed by atoms with Crippen LogP contribution in [0.15, 0.2) is 6.33 Å². The van der Waals surface area contributed by atoms with E-state index in [9.17, 15) is 5.11 Å². The topological polar surface area (TPSA) is 54.2 Å². The van der Waals surface area contributed by atoms with Gasteiger partial charge in [-0.1, -0.05) is 0 Å². The molecule has 0 spiro atoms. The summed E-state index contributed by atoms with van der Waals surface area (Å²) in [6.45, 7) is 1.85. The Morgan fingerprint density at radius 1 is 1.60 bits per heavy atom. The fraction of sp³-hybridized carbons (Fsp3) is 0.800. The van der Waals surface area contributed by atoms with Crippen LogP contribution < -0.4 is 0 Å². The second kappa shape index (κ2) is 4.28. The first-order valence-electron chi connectivity index (χ1n) is 5.34. The van der Waals surface area contributed by atoms with Crippen molar-refractivity contribution in [2.75, 3.05) is 13.6 Å². The Morgan fingerprint density at radius 2 is 2.33 bits per heavy atom. The van der Waals surface area contributed by atoms with Crippen LogP contribution in [0.3, 0.4) is 0 Å². The van der Waals surface area contributed by atoms with Gasteiger partial charge in [0, 0.05) is 13.6 Å². The Morgan fingerprint density at radius 3 is 2.87 bits per heavy atom. The van der Waals surface area contributed by atoms with Crippen LogP contribution in [0.1, 0.15) is 18.7 Å². The van der Waals surface area contributed by atoms with Crippen molar-refractivity contribution < 1.29 is 5.11 Å². The molecule has 0 atom stereocenters. The average molecular weight is 210 g/mol. The highest BCUT2D eigenvalue weighted by Crippen LogP contribution is 2.27. The quantitative estimate of drug-likeness (QED) is 0.761. The third kappa shape index (κ3) is 2.54. The molecule has 0 bridgehead atoms. The van der Waals surface area contributed by atoms with E-state index in [2.05, 4.69) is 22.1 Å². The van der Waals surface area contributed by atoms with Gasteiger partial charge in [-0.25, -0.2) is 0 Å². The van der Waals surface area contributed by atoms with Crippen molar-refractivity contribution in [2.45, 2.75) is 25.5 Å². The van der Waals surface area contributed by atoms with E-state index in [1.807, 2.05) is 11.6 Å². The largest absolute Gasteiger partial charge is 0.393 e. The lowest BCUT2D eigenvalue weighted by Gasteiger charge is -2.34. The molecule has 0 amide bonds. The first-order valence-corrected chi connectivity index (χ1v) is 5.34. The Labute approximate surface area is 89.7 Å². The van der Waals surface area contributed by atoms with Crippen molar-refractivity contribution in [1.29, 1.82) is 0 Å². The van der Waals surface area contributed by atoms with Crippen molar-refractivity contribution in [2.24, 2.45) is 13.0 Å². The van der Waals surface area contributed by atoms with Gasteiger partial charge in [-0.05, 0) is 25.8 Å². The number of aryl methyl sites for hydroxylation is 1. The van der Waals surface area contributed by atoms with Crippen molar-refractivity contribution in [3.05, 3.63) is 12.2 Å². The summed E-state index contributed by atoms with van der Waals surface area (Å²) in [5, 5.41) is 17.1. The van der Waals surface area contributed by atoms with Gasteiger partial charge >= 0.3 is 0 Å². The minimum Gasteiger partial charge on any atom is -0.393 e. The number of hydrogen-bond donors (Lipinski definition) is 1. The maximum atomic E-state index is 9.19. The van der Waals surface area contributed by atoms with Gasteiger partial charge in [0.15, 0.2) is 0 Å². The zero-order valence-electron chi connectivity index (χ0n) is 9.30. The molecule has 1 N–H and O–H groups in total. The first-order chi connectivity index (χ1) is 7.15. The molecule has 0 aliphatic heterocycles. The summed E-state index contributed by atoms with van der Waals surface area (Å²) in [6, 6.07) is 0. The van der Waals surface area contributed by atoms with Crippen LogP contribution in [-0.2, 0) is 13.6 Å². The third-order valence-corrected chi connectivity index (χ3v) is 3.00. The van der Waals surface area contributed by atoms with Gasteiger partial charge in [-0.2, -0.15) is 0 Å². The molecule has 1 saturated carbocycles. The molecule has 1 fully saturated rings. The van der Waals surface area contributed by atoms with Gasteiger partial charge in [0.2, 0.25) is 0 Å². The first kappa shape index (κ1) is 10.6. The van der Waals surface area contributed by atoms with Gasteiger partial charge in [-0.3, -0.25) is 4.90 Å². The summed E-state index contributed by atoms with van der Waals surface area (Å²) >= 11 is 0. The van der Waals surface area contributed by atoms with Crippen LogP contribution in [0, 0.1) is 5.92 Å². The van der Waals surface area contributed by atoms with Crippen LogP contribution >= 0.6 is 0 Å². The molecule has 0 unspecified atom stereocenters. The van der Waals surface area contributed by atoms with Gasteiger partial charge in [0.1, 0.15) is 12.2 Å². The molecule has 1 aromatic heterocycles. The molecular weight excluding hydrogens is 192 g/mol. The monoisotopic (exact) mass is 210 g/mol.